The van der Waals surface area contributed by atoms with Gasteiger partial charge in [0, 0.05) is 26.2 Å². The molecule has 27 heavy (non-hydrogen) atoms. The lowest BCUT2D eigenvalue weighted by molar-refractivity contribution is 0.0140. The highest BCUT2D eigenvalue weighted by atomic mass is 32.2. The molecule has 0 atom stereocenters. The molecule has 1 saturated heterocycles. The van der Waals surface area contributed by atoms with Crippen molar-refractivity contribution < 1.29 is 22.7 Å². The van der Waals surface area contributed by atoms with Crippen molar-refractivity contribution in [3.8, 4) is 0 Å². The molecule has 1 aliphatic rings. The maximum atomic E-state index is 12.9. The summed E-state index contributed by atoms with van der Waals surface area (Å²) in [4.78, 5) is 28.3. The van der Waals surface area contributed by atoms with Crippen LogP contribution in [0.25, 0.3) is 0 Å². The van der Waals surface area contributed by atoms with Crippen LogP contribution in [0.3, 0.4) is 0 Å². The van der Waals surface area contributed by atoms with Crippen LogP contribution in [-0.2, 0) is 14.6 Å². The first-order valence-corrected chi connectivity index (χ1v) is 10.8. The summed E-state index contributed by atoms with van der Waals surface area (Å²) in [5.41, 5.74) is -0.381. The molecule has 1 aliphatic heterocycles. The number of hydrogen-bond acceptors (Lipinski definition) is 5. The summed E-state index contributed by atoms with van der Waals surface area (Å²) < 4.78 is 30.3. The number of sulfone groups is 1. The van der Waals surface area contributed by atoms with Crippen LogP contribution in [0, 0.1) is 0 Å². The zero-order valence-electron chi connectivity index (χ0n) is 16.4. The third kappa shape index (κ3) is 5.45. The van der Waals surface area contributed by atoms with E-state index < -0.39 is 21.5 Å². The molecule has 1 heterocycles. The third-order valence-corrected chi connectivity index (χ3v) is 6.12. The fraction of sp³-hybridized carbons (Fsp3) is 0.579. The van der Waals surface area contributed by atoms with Crippen molar-refractivity contribution in [3.05, 3.63) is 29.8 Å². The predicted molar refractivity (Wildman–Crippen MR) is 102 cm³/mol. The molecule has 0 radical (unpaired) electrons. The van der Waals surface area contributed by atoms with E-state index in [0.29, 0.717) is 32.6 Å². The van der Waals surface area contributed by atoms with E-state index in [1.165, 1.54) is 6.07 Å². The minimum Gasteiger partial charge on any atom is -0.444 e. The van der Waals surface area contributed by atoms with Crippen LogP contribution in [0.5, 0.6) is 0 Å². The van der Waals surface area contributed by atoms with Gasteiger partial charge in [0.2, 0.25) is 0 Å². The van der Waals surface area contributed by atoms with Gasteiger partial charge in [-0.1, -0.05) is 19.1 Å². The SMILES string of the molecule is CCCS(=O)(=O)c1ccccc1C(=O)N1CCN(C(=O)OC(C)(C)C)CC1. The van der Waals surface area contributed by atoms with Crippen molar-refractivity contribution in [2.45, 2.75) is 44.6 Å². The molecule has 7 nitrogen and oxygen atoms in total. The number of ether oxygens (including phenoxy) is 1. The van der Waals surface area contributed by atoms with E-state index >= 15 is 0 Å². The second-order valence-corrected chi connectivity index (χ2v) is 9.65. The van der Waals surface area contributed by atoms with E-state index in [4.69, 9.17) is 4.74 Å². The van der Waals surface area contributed by atoms with Gasteiger partial charge in [-0.05, 0) is 39.3 Å². The molecule has 0 unspecified atom stereocenters. The van der Waals surface area contributed by atoms with Gasteiger partial charge in [0.1, 0.15) is 5.60 Å². The zero-order valence-corrected chi connectivity index (χ0v) is 17.2. The summed E-state index contributed by atoms with van der Waals surface area (Å²) in [6, 6.07) is 6.31. The number of piperazine rings is 1. The minimum atomic E-state index is -3.50. The number of carbonyl (C=O) groups excluding carboxylic acids is 2. The highest BCUT2D eigenvalue weighted by molar-refractivity contribution is 7.91. The highest BCUT2D eigenvalue weighted by Crippen LogP contribution is 2.21. The van der Waals surface area contributed by atoms with Gasteiger partial charge in [0.25, 0.3) is 5.91 Å². The third-order valence-electron chi connectivity index (χ3n) is 4.14. The van der Waals surface area contributed by atoms with Crippen LogP contribution in [0.15, 0.2) is 29.2 Å². The summed E-state index contributed by atoms with van der Waals surface area (Å²) in [6.07, 6.45) is 0.0832. The first-order valence-electron chi connectivity index (χ1n) is 9.14. The molecule has 1 fully saturated rings. The maximum Gasteiger partial charge on any atom is 0.410 e. The van der Waals surface area contributed by atoms with E-state index in [1.807, 2.05) is 0 Å². The van der Waals surface area contributed by atoms with Gasteiger partial charge >= 0.3 is 6.09 Å². The lowest BCUT2D eigenvalue weighted by atomic mass is 10.2. The number of amides is 2. The van der Waals surface area contributed by atoms with Gasteiger partial charge in [-0.2, -0.15) is 0 Å². The van der Waals surface area contributed by atoms with Crippen LogP contribution in [0.4, 0.5) is 4.79 Å². The first kappa shape index (κ1) is 21.2. The van der Waals surface area contributed by atoms with Crippen LogP contribution in [0.2, 0.25) is 0 Å². The minimum absolute atomic E-state index is 0.00369. The van der Waals surface area contributed by atoms with Crippen LogP contribution in [-0.4, -0.2) is 67.8 Å². The Morgan fingerprint density at radius 3 is 2.15 bits per heavy atom. The van der Waals surface area contributed by atoms with Crippen molar-refractivity contribution in [2.75, 3.05) is 31.9 Å². The van der Waals surface area contributed by atoms with Gasteiger partial charge < -0.3 is 14.5 Å². The second kappa shape index (κ2) is 8.29. The molecule has 1 aromatic rings. The van der Waals surface area contributed by atoms with Crippen molar-refractivity contribution in [2.24, 2.45) is 0 Å². The molecule has 8 heteroatoms. The molecule has 150 valence electrons. The van der Waals surface area contributed by atoms with Gasteiger partial charge in [-0.15, -0.1) is 0 Å². The Morgan fingerprint density at radius 2 is 1.59 bits per heavy atom. The Bertz CT molecular complexity index is 791. The standard InChI is InChI=1S/C19H28N2O5S/c1-5-14-27(24,25)16-9-7-6-8-15(16)17(22)20-10-12-21(13-11-20)18(23)26-19(2,3)4/h6-9H,5,10-14H2,1-4H3. The second-order valence-electron chi connectivity index (χ2n) is 7.57. The van der Waals surface area contributed by atoms with Crippen molar-refractivity contribution in [1.82, 2.24) is 9.80 Å². The van der Waals surface area contributed by atoms with Gasteiger partial charge in [0.05, 0.1) is 16.2 Å². The molecule has 0 bridgehead atoms. The summed E-state index contributed by atoms with van der Waals surface area (Å²) in [7, 11) is -3.50. The lowest BCUT2D eigenvalue weighted by Gasteiger charge is -2.35. The molecule has 1 aromatic carbocycles. The fourth-order valence-corrected chi connectivity index (χ4v) is 4.42. The molecule has 2 amide bonds. The molecule has 2 rings (SSSR count). The maximum absolute atomic E-state index is 12.9. The lowest BCUT2D eigenvalue weighted by Crippen LogP contribution is -2.51. The number of benzene rings is 1. The first-order chi connectivity index (χ1) is 12.5. The Kier molecular flexibility index (Phi) is 6.51. The average Bonchev–Trinajstić information content (AvgIpc) is 2.60. The average molecular weight is 397 g/mol. The normalized spacial score (nSPS) is 15.6. The largest absolute Gasteiger partial charge is 0.444 e. The zero-order chi connectivity index (χ0) is 20.2. The monoisotopic (exact) mass is 396 g/mol. The number of hydrogen-bond donors (Lipinski definition) is 0. The number of nitrogens with zero attached hydrogens (tertiary/aromatic N) is 2. The van der Waals surface area contributed by atoms with Crippen LogP contribution < -0.4 is 0 Å². The summed E-state index contributed by atoms with van der Waals surface area (Å²) in [5, 5.41) is 0. The molecule has 0 aromatic heterocycles. The molecule has 0 aliphatic carbocycles. The highest BCUT2D eigenvalue weighted by Gasteiger charge is 2.30. The van der Waals surface area contributed by atoms with E-state index in [1.54, 1.807) is 55.7 Å². The number of rotatable bonds is 4. The Balaban J connectivity index is 2.10. The van der Waals surface area contributed by atoms with E-state index in [2.05, 4.69) is 0 Å². The van der Waals surface area contributed by atoms with Crippen LogP contribution in [0.1, 0.15) is 44.5 Å². The van der Waals surface area contributed by atoms with E-state index in [-0.39, 0.29) is 22.1 Å². The molecule has 0 spiro atoms. The predicted octanol–water partition coefficient (Wildman–Crippen LogP) is 2.56. The Hall–Kier alpha value is -2.09. The summed E-state index contributed by atoms with van der Waals surface area (Å²) in [5.74, 6) is -0.321. The number of carbonyl (C=O) groups is 2. The quantitative estimate of drug-likeness (QED) is 0.781. The molecular weight excluding hydrogens is 368 g/mol. The van der Waals surface area contributed by atoms with Gasteiger partial charge in [-0.3, -0.25) is 4.79 Å². The van der Waals surface area contributed by atoms with Crippen molar-refractivity contribution in [1.29, 1.82) is 0 Å². The summed E-state index contributed by atoms with van der Waals surface area (Å²) >= 11 is 0. The fourth-order valence-electron chi connectivity index (χ4n) is 2.88. The Morgan fingerprint density at radius 1 is 1.04 bits per heavy atom. The van der Waals surface area contributed by atoms with E-state index in [9.17, 15) is 18.0 Å². The van der Waals surface area contributed by atoms with Gasteiger partial charge in [-0.25, -0.2) is 13.2 Å². The molecule has 0 N–H and O–H groups in total. The Labute approximate surface area is 161 Å². The van der Waals surface area contributed by atoms with E-state index in [0.717, 1.165) is 0 Å². The topological polar surface area (TPSA) is 84.0 Å². The molecule has 0 saturated carbocycles. The molecular formula is C19H28N2O5S. The van der Waals surface area contributed by atoms with Crippen molar-refractivity contribution >= 4 is 21.8 Å². The smallest absolute Gasteiger partial charge is 0.410 e. The van der Waals surface area contributed by atoms with Crippen molar-refractivity contribution in [3.63, 3.8) is 0 Å². The van der Waals surface area contributed by atoms with Gasteiger partial charge in [0.15, 0.2) is 9.84 Å². The van der Waals surface area contributed by atoms with Crippen LogP contribution >= 0.6 is 0 Å². The summed E-state index contributed by atoms with van der Waals surface area (Å²) in [6.45, 7) is 8.57.